The van der Waals surface area contributed by atoms with Crippen LogP contribution >= 0.6 is 0 Å². The maximum absolute atomic E-state index is 10.9. The van der Waals surface area contributed by atoms with Crippen molar-refractivity contribution in [3.05, 3.63) is 107 Å². The minimum atomic E-state index is 0.277. The highest BCUT2D eigenvalue weighted by Crippen LogP contribution is 2.39. The van der Waals surface area contributed by atoms with Crippen molar-refractivity contribution >= 4 is 0 Å². The Balaban J connectivity index is 1.38. The second kappa shape index (κ2) is 12.8. The van der Waals surface area contributed by atoms with E-state index >= 15 is 0 Å². The molecule has 0 unspecified atom stereocenters. The van der Waals surface area contributed by atoms with E-state index in [1.807, 2.05) is 36.4 Å². The third-order valence-corrected chi connectivity index (χ3v) is 7.49. The highest BCUT2D eigenvalue weighted by molar-refractivity contribution is 5.74. The van der Waals surface area contributed by atoms with Gasteiger partial charge in [0.25, 0.3) is 0 Å². The first-order chi connectivity index (χ1) is 18.3. The summed E-state index contributed by atoms with van der Waals surface area (Å²) in [6.07, 6.45) is 6.68. The number of benzene rings is 4. The van der Waals surface area contributed by atoms with E-state index in [4.69, 9.17) is 0 Å². The number of aryl methyl sites for hydroxylation is 2. The normalized spacial score (nSPS) is 11.4. The third kappa shape index (κ3) is 6.67. The average Bonchev–Trinajstić information content (AvgIpc) is 2.92. The summed E-state index contributed by atoms with van der Waals surface area (Å²) < 4.78 is 0. The summed E-state index contributed by atoms with van der Waals surface area (Å²) in [5.74, 6) is 1.39. The Morgan fingerprint density at radius 2 is 0.868 bits per heavy atom. The molecule has 0 fully saturated rings. The summed E-state index contributed by atoms with van der Waals surface area (Å²) in [6.45, 7) is 8.57. The molecule has 198 valence electrons. The zero-order chi connectivity index (χ0) is 27.1. The number of phenolic OH excluding ortho intramolecular Hbond substituents is 2. The molecule has 38 heavy (non-hydrogen) atoms. The lowest BCUT2D eigenvalue weighted by atomic mass is 9.90. The van der Waals surface area contributed by atoms with Gasteiger partial charge in [-0.1, -0.05) is 113 Å². The molecule has 0 radical (unpaired) electrons. The minimum absolute atomic E-state index is 0.277. The van der Waals surface area contributed by atoms with Crippen LogP contribution in [-0.2, 0) is 12.8 Å². The zero-order valence-corrected chi connectivity index (χ0v) is 23.4. The Labute approximate surface area is 229 Å². The van der Waals surface area contributed by atoms with Gasteiger partial charge >= 0.3 is 0 Å². The van der Waals surface area contributed by atoms with Crippen LogP contribution in [0.2, 0.25) is 0 Å². The largest absolute Gasteiger partial charge is 0.507 e. The monoisotopic (exact) mass is 506 g/mol. The maximum atomic E-state index is 10.9. The highest BCUT2D eigenvalue weighted by Gasteiger charge is 2.15. The Morgan fingerprint density at radius 3 is 1.21 bits per heavy atom. The molecule has 0 aliphatic heterocycles. The number of hydrogen-bond donors (Lipinski definition) is 2. The summed E-state index contributed by atoms with van der Waals surface area (Å²) in [5.41, 5.74) is 8.68. The molecule has 0 amide bonds. The Hall–Kier alpha value is -3.52. The van der Waals surface area contributed by atoms with Crippen molar-refractivity contribution in [3.8, 4) is 33.8 Å². The van der Waals surface area contributed by atoms with Gasteiger partial charge < -0.3 is 10.2 Å². The first-order valence-corrected chi connectivity index (χ1v) is 14.2. The zero-order valence-electron chi connectivity index (χ0n) is 23.4. The van der Waals surface area contributed by atoms with Crippen LogP contribution < -0.4 is 0 Å². The molecule has 0 atom stereocenters. The number of hydrogen-bond acceptors (Lipinski definition) is 2. The fraction of sp³-hybridized carbons (Fsp3) is 0.333. The SMILES string of the molecule is CC(C)c1cc(CCCCCCc2cc(-c3ccccc3)c(O)c(C(C)C)c2)cc(-c2ccccc2)c1O. The van der Waals surface area contributed by atoms with Crippen molar-refractivity contribution in [2.75, 3.05) is 0 Å². The molecular weight excluding hydrogens is 464 g/mol. The van der Waals surface area contributed by atoms with E-state index in [2.05, 4.69) is 76.2 Å². The molecule has 0 aromatic heterocycles. The molecule has 4 aromatic rings. The topological polar surface area (TPSA) is 40.5 Å². The summed E-state index contributed by atoms with van der Waals surface area (Å²) in [4.78, 5) is 0. The fourth-order valence-electron chi connectivity index (χ4n) is 5.29. The molecule has 0 spiro atoms. The molecule has 0 heterocycles. The summed E-state index contributed by atoms with van der Waals surface area (Å²) in [6, 6.07) is 29.1. The number of aromatic hydroxyl groups is 2. The van der Waals surface area contributed by atoms with Crippen molar-refractivity contribution in [1.82, 2.24) is 0 Å². The van der Waals surface area contributed by atoms with E-state index in [0.717, 1.165) is 59.1 Å². The van der Waals surface area contributed by atoms with Gasteiger partial charge in [0.1, 0.15) is 11.5 Å². The van der Waals surface area contributed by atoms with Crippen LogP contribution in [0.15, 0.2) is 84.9 Å². The molecule has 2 heteroatoms. The predicted octanol–water partition coefficient (Wildman–Crippen LogP) is 10.0. The van der Waals surface area contributed by atoms with Crippen LogP contribution in [0.4, 0.5) is 0 Å². The van der Waals surface area contributed by atoms with Crippen LogP contribution in [-0.4, -0.2) is 10.2 Å². The molecule has 0 aliphatic carbocycles. The van der Waals surface area contributed by atoms with Crippen molar-refractivity contribution in [1.29, 1.82) is 0 Å². The quantitative estimate of drug-likeness (QED) is 0.199. The molecule has 4 rings (SSSR count). The van der Waals surface area contributed by atoms with Crippen molar-refractivity contribution in [2.45, 2.75) is 78.1 Å². The summed E-state index contributed by atoms with van der Waals surface area (Å²) in [5, 5.41) is 21.9. The lowest BCUT2D eigenvalue weighted by molar-refractivity contribution is 0.466. The molecular formula is C36H42O2. The first-order valence-electron chi connectivity index (χ1n) is 14.2. The van der Waals surface area contributed by atoms with E-state index in [1.54, 1.807) is 0 Å². The second-order valence-corrected chi connectivity index (χ2v) is 11.1. The Morgan fingerprint density at radius 1 is 0.500 bits per heavy atom. The highest BCUT2D eigenvalue weighted by atomic mass is 16.3. The van der Waals surface area contributed by atoms with Gasteiger partial charge in [-0.15, -0.1) is 0 Å². The summed E-state index contributed by atoms with van der Waals surface area (Å²) in [7, 11) is 0. The third-order valence-electron chi connectivity index (χ3n) is 7.49. The number of phenols is 2. The molecule has 0 aliphatic rings. The van der Waals surface area contributed by atoms with Gasteiger partial charge in [0.05, 0.1) is 0 Å². The lowest BCUT2D eigenvalue weighted by Crippen LogP contribution is -1.97. The van der Waals surface area contributed by atoms with Crippen LogP contribution in [0.1, 0.15) is 87.5 Å². The maximum Gasteiger partial charge on any atom is 0.126 e. The van der Waals surface area contributed by atoms with E-state index in [9.17, 15) is 10.2 Å². The van der Waals surface area contributed by atoms with Gasteiger partial charge in [-0.25, -0.2) is 0 Å². The fourth-order valence-corrected chi connectivity index (χ4v) is 5.29. The van der Waals surface area contributed by atoms with Gasteiger partial charge in [0.2, 0.25) is 0 Å². The number of rotatable bonds is 11. The van der Waals surface area contributed by atoms with Gasteiger partial charge in [0.15, 0.2) is 0 Å². The van der Waals surface area contributed by atoms with Crippen molar-refractivity contribution in [2.24, 2.45) is 0 Å². The molecule has 2 N–H and O–H groups in total. The van der Waals surface area contributed by atoms with E-state index < -0.39 is 0 Å². The predicted molar refractivity (Wildman–Crippen MR) is 161 cm³/mol. The van der Waals surface area contributed by atoms with Gasteiger partial charge in [-0.05, 0) is 83.0 Å². The average molecular weight is 507 g/mol. The Kier molecular flexibility index (Phi) is 9.29. The standard InChI is InChI=1S/C36H42O2/c1-25(2)31-21-27(23-33(35(31)37)29-17-11-7-12-18-29)15-9-5-6-10-16-28-22-32(26(3)4)36(38)34(24-28)30-19-13-8-14-20-30/h7-8,11-14,17-26,37-38H,5-6,9-10,15-16H2,1-4H3. The van der Waals surface area contributed by atoms with E-state index in [-0.39, 0.29) is 11.8 Å². The van der Waals surface area contributed by atoms with Gasteiger partial charge in [-0.3, -0.25) is 0 Å². The van der Waals surface area contributed by atoms with Crippen molar-refractivity contribution in [3.63, 3.8) is 0 Å². The van der Waals surface area contributed by atoms with Crippen LogP contribution in [0, 0.1) is 0 Å². The van der Waals surface area contributed by atoms with Gasteiger partial charge in [-0.2, -0.15) is 0 Å². The lowest BCUT2D eigenvalue weighted by Gasteiger charge is -2.16. The molecule has 0 saturated heterocycles. The van der Waals surface area contributed by atoms with Crippen LogP contribution in [0.3, 0.4) is 0 Å². The molecule has 0 saturated carbocycles. The molecule has 4 aromatic carbocycles. The van der Waals surface area contributed by atoms with Crippen molar-refractivity contribution < 1.29 is 10.2 Å². The van der Waals surface area contributed by atoms with E-state index in [0.29, 0.717) is 11.5 Å². The molecule has 2 nitrogen and oxygen atoms in total. The van der Waals surface area contributed by atoms with Crippen LogP contribution in [0.5, 0.6) is 11.5 Å². The van der Waals surface area contributed by atoms with Gasteiger partial charge in [0, 0.05) is 11.1 Å². The van der Waals surface area contributed by atoms with E-state index in [1.165, 1.54) is 24.0 Å². The Bertz CT molecular complexity index is 1220. The number of unbranched alkanes of at least 4 members (excludes halogenated alkanes) is 3. The second-order valence-electron chi connectivity index (χ2n) is 11.1. The molecule has 0 bridgehead atoms. The van der Waals surface area contributed by atoms with Crippen LogP contribution in [0.25, 0.3) is 22.3 Å². The summed E-state index contributed by atoms with van der Waals surface area (Å²) >= 11 is 0. The first kappa shape index (κ1) is 27.5. The smallest absolute Gasteiger partial charge is 0.126 e. The minimum Gasteiger partial charge on any atom is -0.507 e.